The molecule has 90 valence electrons. The molecule has 0 atom stereocenters. The molecule has 0 saturated heterocycles. The van der Waals surface area contributed by atoms with Crippen LogP contribution in [0.4, 0.5) is 11.6 Å². The SMILES string of the molecule is COc1ccc(-c2nc(N(C)C)n[nH]2)cc1N. The Kier molecular flexibility index (Phi) is 2.86. The van der Waals surface area contributed by atoms with Crippen LogP contribution in [0.25, 0.3) is 11.4 Å². The Morgan fingerprint density at radius 2 is 2.12 bits per heavy atom. The zero-order valence-corrected chi connectivity index (χ0v) is 10.1. The maximum Gasteiger partial charge on any atom is 0.244 e. The van der Waals surface area contributed by atoms with Gasteiger partial charge in [0.1, 0.15) is 5.75 Å². The van der Waals surface area contributed by atoms with E-state index >= 15 is 0 Å². The van der Waals surface area contributed by atoms with E-state index in [0.717, 1.165) is 5.56 Å². The number of aromatic nitrogens is 3. The van der Waals surface area contributed by atoms with Crippen molar-refractivity contribution in [3.8, 4) is 17.1 Å². The number of hydrogen-bond acceptors (Lipinski definition) is 5. The van der Waals surface area contributed by atoms with Gasteiger partial charge in [-0.05, 0) is 18.2 Å². The molecule has 17 heavy (non-hydrogen) atoms. The van der Waals surface area contributed by atoms with E-state index in [9.17, 15) is 0 Å². The minimum absolute atomic E-state index is 0.577. The van der Waals surface area contributed by atoms with Crippen molar-refractivity contribution in [3.63, 3.8) is 0 Å². The van der Waals surface area contributed by atoms with Gasteiger partial charge >= 0.3 is 0 Å². The molecule has 1 heterocycles. The summed E-state index contributed by atoms with van der Waals surface area (Å²) in [7, 11) is 5.36. The fourth-order valence-corrected chi connectivity index (χ4v) is 1.46. The summed E-state index contributed by atoms with van der Waals surface area (Å²) in [5.74, 6) is 1.97. The van der Waals surface area contributed by atoms with Crippen LogP contribution in [0.15, 0.2) is 18.2 Å². The van der Waals surface area contributed by atoms with Gasteiger partial charge in [-0.15, -0.1) is 5.10 Å². The highest BCUT2D eigenvalue weighted by Crippen LogP contribution is 2.26. The third kappa shape index (κ3) is 2.15. The lowest BCUT2D eigenvalue weighted by Gasteiger charge is -2.05. The Bertz CT molecular complexity index is 520. The van der Waals surface area contributed by atoms with Crippen molar-refractivity contribution in [2.75, 3.05) is 31.8 Å². The second-order valence-electron chi connectivity index (χ2n) is 3.84. The predicted molar refractivity (Wildman–Crippen MR) is 67.1 cm³/mol. The van der Waals surface area contributed by atoms with Crippen LogP contribution in [0.2, 0.25) is 0 Å². The van der Waals surface area contributed by atoms with Crippen molar-refractivity contribution in [1.82, 2.24) is 15.2 Å². The molecule has 6 nitrogen and oxygen atoms in total. The van der Waals surface area contributed by atoms with Crippen LogP contribution in [0.1, 0.15) is 0 Å². The highest BCUT2D eigenvalue weighted by Gasteiger charge is 2.08. The van der Waals surface area contributed by atoms with E-state index < -0.39 is 0 Å². The topological polar surface area (TPSA) is 80.1 Å². The van der Waals surface area contributed by atoms with Gasteiger partial charge in [-0.25, -0.2) is 0 Å². The van der Waals surface area contributed by atoms with Gasteiger partial charge in [0, 0.05) is 19.7 Å². The number of nitrogens with zero attached hydrogens (tertiary/aromatic N) is 3. The second kappa shape index (κ2) is 4.32. The molecule has 1 aromatic heterocycles. The largest absolute Gasteiger partial charge is 0.495 e. The Labute approximate surface area is 99.4 Å². The van der Waals surface area contributed by atoms with Crippen molar-refractivity contribution in [2.45, 2.75) is 0 Å². The van der Waals surface area contributed by atoms with E-state index in [1.165, 1.54) is 0 Å². The molecule has 3 N–H and O–H groups in total. The molecule has 0 aliphatic rings. The number of methoxy groups -OCH3 is 1. The summed E-state index contributed by atoms with van der Waals surface area (Å²) in [5, 5.41) is 6.95. The van der Waals surface area contributed by atoms with Crippen LogP contribution in [-0.4, -0.2) is 36.4 Å². The van der Waals surface area contributed by atoms with Gasteiger partial charge in [0.05, 0.1) is 12.8 Å². The predicted octanol–water partition coefficient (Wildman–Crippen LogP) is 1.13. The van der Waals surface area contributed by atoms with Gasteiger partial charge in [0.2, 0.25) is 5.95 Å². The highest BCUT2D eigenvalue weighted by atomic mass is 16.5. The lowest BCUT2D eigenvalue weighted by atomic mass is 10.2. The molecule has 0 spiro atoms. The van der Waals surface area contributed by atoms with Gasteiger partial charge < -0.3 is 15.4 Å². The Morgan fingerprint density at radius 3 is 2.65 bits per heavy atom. The van der Waals surface area contributed by atoms with Gasteiger partial charge in [-0.3, -0.25) is 5.10 Å². The molecule has 0 radical (unpaired) electrons. The summed E-state index contributed by atoms with van der Waals surface area (Å²) in [5.41, 5.74) is 7.29. The lowest BCUT2D eigenvalue weighted by Crippen LogP contribution is -2.10. The monoisotopic (exact) mass is 233 g/mol. The molecule has 0 bridgehead atoms. The molecule has 0 aliphatic carbocycles. The average molecular weight is 233 g/mol. The van der Waals surface area contributed by atoms with Crippen LogP contribution in [-0.2, 0) is 0 Å². The quantitative estimate of drug-likeness (QED) is 0.777. The van der Waals surface area contributed by atoms with Gasteiger partial charge in [0.15, 0.2) is 5.82 Å². The van der Waals surface area contributed by atoms with E-state index in [2.05, 4.69) is 15.2 Å². The Hall–Kier alpha value is -2.24. The molecule has 6 heteroatoms. The number of nitrogens with one attached hydrogen (secondary N) is 1. The van der Waals surface area contributed by atoms with E-state index in [-0.39, 0.29) is 0 Å². The third-order valence-corrected chi connectivity index (χ3v) is 2.38. The molecule has 1 aromatic carbocycles. The summed E-state index contributed by atoms with van der Waals surface area (Å²) in [6, 6.07) is 5.50. The first kappa shape index (κ1) is 11.3. The molecule has 2 aromatic rings. The smallest absolute Gasteiger partial charge is 0.244 e. The van der Waals surface area contributed by atoms with Crippen molar-refractivity contribution in [1.29, 1.82) is 0 Å². The molecular formula is C11H15N5O. The Balaban J connectivity index is 2.36. The fourth-order valence-electron chi connectivity index (χ4n) is 1.46. The standard InChI is InChI=1S/C11H15N5O/c1-16(2)11-13-10(14-15-11)7-4-5-9(17-3)8(12)6-7/h4-6H,12H2,1-3H3,(H,13,14,15). The second-order valence-corrected chi connectivity index (χ2v) is 3.84. The van der Waals surface area contributed by atoms with Crippen LogP contribution in [0, 0.1) is 0 Å². The maximum absolute atomic E-state index is 5.84. The summed E-state index contributed by atoms with van der Waals surface area (Å²) < 4.78 is 5.10. The fraction of sp³-hybridized carbons (Fsp3) is 0.273. The first-order valence-corrected chi connectivity index (χ1v) is 5.15. The molecule has 0 aliphatic heterocycles. The number of nitrogen functional groups attached to an aromatic ring is 1. The number of benzene rings is 1. The zero-order valence-electron chi connectivity index (χ0n) is 10.1. The average Bonchev–Trinajstić information content (AvgIpc) is 2.78. The molecule has 2 rings (SSSR count). The minimum atomic E-state index is 0.577. The summed E-state index contributed by atoms with van der Waals surface area (Å²) in [4.78, 5) is 6.17. The molecule has 0 amide bonds. The number of H-pyrrole nitrogens is 1. The van der Waals surface area contributed by atoms with E-state index in [0.29, 0.717) is 23.2 Å². The maximum atomic E-state index is 5.84. The normalized spacial score (nSPS) is 10.3. The molecule has 0 fully saturated rings. The van der Waals surface area contributed by atoms with Crippen molar-refractivity contribution < 1.29 is 4.74 Å². The third-order valence-electron chi connectivity index (χ3n) is 2.38. The first-order valence-electron chi connectivity index (χ1n) is 5.15. The number of aromatic amines is 1. The van der Waals surface area contributed by atoms with Crippen molar-refractivity contribution in [3.05, 3.63) is 18.2 Å². The van der Waals surface area contributed by atoms with Crippen LogP contribution in [0.3, 0.4) is 0 Å². The summed E-state index contributed by atoms with van der Waals surface area (Å²) >= 11 is 0. The number of rotatable bonds is 3. The van der Waals surface area contributed by atoms with Crippen molar-refractivity contribution >= 4 is 11.6 Å². The van der Waals surface area contributed by atoms with Gasteiger partial charge in [-0.2, -0.15) is 4.98 Å². The number of ether oxygens (including phenoxy) is 1. The lowest BCUT2D eigenvalue weighted by molar-refractivity contribution is 0.417. The van der Waals surface area contributed by atoms with Crippen LogP contribution >= 0.6 is 0 Å². The number of nitrogens with two attached hydrogens (primary N) is 1. The van der Waals surface area contributed by atoms with Crippen LogP contribution < -0.4 is 15.4 Å². The summed E-state index contributed by atoms with van der Waals surface area (Å²) in [6.07, 6.45) is 0. The zero-order chi connectivity index (χ0) is 12.4. The van der Waals surface area contributed by atoms with Crippen LogP contribution in [0.5, 0.6) is 5.75 Å². The first-order chi connectivity index (χ1) is 8.11. The molecule has 0 unspecified atom stereocenters. The molecular weight excluding hydrogens is 218 g/mol. The summed E-state index contributed by atoms with van der Waals surface area (Å²) in [6.45, 7) is 0. The minimum Gasteiger partial charge on any atom is -0.495 e. The number of anilines is 2. The van der Waals surface area contributed by atoms with E-state index in [4.69, 9.17) is 10.5 Å². The highest BCUT2D eigenvalue weighted by molar-refractivity contribution is 5.66. The van der Waals surface area contributed by atoms with Gasteiger partial charge in [0.25, 0.3) is 0 Å². The Morgan fingerprint density at radius 1 is 1.35 bits per heavy atom. The number of hydrogen-bond donors (Lipinski definition) is 2. The van der Waals surface area contributed by atoms with Crippen molar-refractivity contribution in [2.24, 2.45) is 0 Å². The molecule has 0 saturated carbocycles. The van der Waals surface area contributed by atoms with E-state index in [1.54, 1.807) is 13.2 Å². The van der Waals surface area contributed by atoms with E-state index in [1.807, 2.05) is 31.1 Å². The van der Waals surface area contributed by atoms with Gasteiger partial charge in [-0.1, -0.05) is 0 Å².